The molecule has 0 saturated carbocycles. The molecule has 0 spiro atoms. The van der Waals surface area contributed by atoms with Gasteiger partial charge in [0.1, 0.15) is 0 Å². The van der Waals surface area contributed by atoms with Gasteiger partial charge in [0, 0.05) is 12.7 Å². The highest BCUT2D eigenvalue weighted by atomic mass is 16.5. The van der Waals surface area contributed by atoms with Crippen molar-refractivity contribution < 1.29 is 14.6 Å². The summed E-state index contributed by atoms with van der Waals surface area (Å²) in [5.74, 6) is 0.0402. The van der Waals surface area contributed by atoms with Gasteiger partial charge in [0.25, 0.3) is 5.91 Å². The number of nitrogens with one attached hydrogen (secondary N) is 1. The number of carbonyl (C=O) groups excluding carboxylic acids is 1. The maximum Gasteiger partial charge on any atom is 0.251 e. The summed E-state index contributed by atoms with van der Waals surface area (Å²) in [7, 11) is 1.63. The average Bonchev–Trinajstić information content (AvgIpc) is 2.36. The number of benzene rings is 1. The Bertz CT molecular complexity index is 373. The van der Waals surface area contributed by atoms with E-state index in [1.165, 1.54) is 0 Å². The van der Waals surface area contributed by atoms with Crippen LogP contribution in [-0.2, 0) is 11.3 Å². The zero-order chi connectivity index (χ0) is 13.5. The predicted octanol–water partition coefficient (Wildman–Crippen LogP) is 1.58. The number of amides is 1. The minimum atomic E-state index is -0.212. The Labute approximate surface area is 108 Å². The van der Waals surface area contributed by atoms with Crippen LogP contribution in [0.25, 0.3) is 0 Å². The van der Waals surface area contributed by atoms with E-state index in [0.717, 1.165) is 5.56 Å². The van der Waals surface area contributed by atoms with E-state index < -0.39 is 0 Å². The van der Waals surface area contributed by atoms with Gasteiger partial charge < -0.3 is 15.2 Å². The molecule has 100 valence electrons. The van der Waals surface area contributed by atoms with Crippen molar-refractivity contribution >= 4 is 5.91 Å². The van der Waals surface area contributed by atoms with E-state index in [9.17, 15) is 9.90 Å². The van der Waals surface area contributed by atoms with Crippen LogP contribution in [0.5, 0.6) is 0 Å². The number of hydrogen-bond donors (Lipinski definition) is 2. The van der Waals surface area contributed by atoms with Gasteiger partial charge in [-0.15, -0.1) is 0 Å². The van der Waals surface area contributed by atoms with Gasteiger partial charge in [0.05, 0.1) is 19.3 Å². The van der Waals surface area contributed by atoms with Crippen molar-refractivity contribution in [1.82, 2.24) is 5.32 Å². The van der Waals surface area contributed by atoms with Gasteiger partial charge in [-0.2, -0.15) is 0 Å². The van der Waals surface area contributed by atoms with Gasteiger partial charge >= 0.3 is 0 Å². The molecule has 4 nitrogen and oxygen atoms in total. The van der Waals surface area contributed by atoms with Crippen LogP contribution >= 0.6 is 0 Å². The zero-order valence-electron chi connectivity index (χ0n) is 11.1. The molecule has 18 heavy (non-hydrogen) atoms. The molecule has 0 saturated heterocycles. The molecular formula is C14H21NO3. The molecule has 0 radical (unpaired) electrons. The van der Waals surface area contributed by atoms with E-state index in [1.807, 2.05) is 26.0 Å². The van der Waals surface area contributed by atoms with E-state index in [0.29, 0.717) is 12.2 Å². The number of aliphatic hydroxyl groups excluding tert-OH is 1. The van der Waals surface area contributed by atoms with Crippen molar-refractivity contribution in [3.05, 3.63) is 35.4 Å². The maximum absolute atomic E-state index is 11.9. The number of carbonyl (C=O) groups is 1. The monoisotopic (exact) mass is 251 g/mol. The third-order valence-corrected chi connectivity index (χ3v) is 2.85. The Kier molecular flexibility index (Phi) is 5.82. The lowest BCUT2D eigenvalue weighted by Crippen LogP contribution is -2.41. The Morgan fingerprint density at radius 1 is 1.33 bits per heavy atom. The van der Waals surface area contributed by atoms with Gasteiger partial charge in [0.2, 0.25) is 0 Å². The standard InChI is InChI=1S/C14H21NO3/c1-10(2)13(8-16)15-14(17)12-6-4-11(5-7-12)9-18-3/h4-7,10,13,16H,8-9H2,1-3H3,(H,15,17). The van der Waals surface area contributed by atoms with Crippen molar-refractivity contribution in [3.8, 4) is 0 Å². The van der Waals surface area contributed by atoms with E-state index in [-0.39, 0.29) is 24.5 Å². The van der Waals surface area contributed by atoms with Gasteiger partial charge in [-0.1, -0.05) is 26.0 Å². The van der Waals surface area contributed by atoms with Gasteiger partial charge in [-0.05, 0) is 23.6 Å². The second-order valence-electron chi connectivity index (χ2n) is 4.64. The summed E-state index contributed by atoms with van der Waals surface area (Å²) >= 11 is 0. The summed E-state index contributed by atoms with van der Waals surface area (Å²) in [5.41, 5.74) is 1.62. The molecule has 4 heteroatoms. The Hall–Kier alpha value is -1.39. The predicted molar refractivity (Wildman–Crippen MR) is 70.3 cm³/mol. The first-order valence-electron chi connectivity index (χ1n) is 6.08. The Balaban J connectivity index is 2.66. The van der Waals surface area contributed by atoms with Gasteiger partial charge in [-0.25, -0.2) is 0 Å². The highest BCUT2D eigenvalue weighted by Gasteiger charge is 2.15. The molecule has 2 N–H and O–H groups in total. The van der Waals surface area contributed by atoms with E-state index >= 15 is 0 Å². The highest BCUT2D eigenvalue weighted by Crippen LogP contribution is 2.07. The number of ether oxygens (including phenoxy) is 1. The maximum atomic E-state index is 11.9. The summed E-state index contributed by atoms with van der Waals surface area (Å²) in [6.45, 7) is 4.41. The molecule has 0 aliphatic heterocycles. The highest BCUT2D eigenvalue weighted by molar-refractivity contribution is 5.94. The van der Waals surface area contributed by atoms with Crippen molar-refractivity contribution in [3.63, 3.8) is 0 Å². The largest absolute Gasteiger partial charge is 0.394 e. The fraction of sp³-hybridized carbons (Fsp3) is 0.500. The number of hydrogen-bond acceptors (Lipinski definition) is 3. The van der Waals surface area contributed by atoms with Crippen LogP contribution in [-0.4, -0.2) is 30.8 Å². The molecule has 0 heterocycles. The third kappa shape index (κ3) is 4.13. The quantitative estimate of drug-likeness (QED) is 0.807. The molecule has 0 aromatic heterocycles. The molecular weight excluding hydrogens is 230 g/mol. The fourth-order valence-electron chi connectivity index (χ4n) is 1.59. The van der Waals surface area contributed by atoms with Crippen LogP contribution in [0.3, 0.4) is 0 Å². The summed E-state index contributed by atoms with van der Waals surface area (Å²) in [4.78, 5) is 11.9. The lowest BCUT2D eigenvalue weighted by Gasteiger charge is -2.19. The van der Waals surface area contributed by atoms with Crippen LogP contribution in [0.4, 0.5) is 0 Å². The second kappa shape index (κ2) is 7.13. The molecule has 0 aliphatic carbocycles. The van der Waals surface area contributed by atoms with E-state index in [2.05, 4.69) is 5.32 Å². The molecule has 0 aliphatic rings. The smallest absolute Gasteiger partial charge is 0.251 e. The summed E-state index contributed by atoms with van der Waals surface area (Å²) < 4.78 is 5.01. The minimum Gasteiger partial charge on any atom is -0.394 e. The zero-order valence-corrected chi connectivity index (χ0v) is 11.1. The normalized spacial score (nSPS) is 12.5. The average molecular weight is 251 g/mol. The molecule has 1 amide bonds. The summed E-state index contributed by atoms with van der Waals surface area (Å²) in [6, 6.07) is 7.04. The van der Waals surface area contributed by atoms with Crippen molar-refractivity contribution in [2.24, 2.45) is 5.92 Å². The summed E-state index contributed by atoms with van der Waals surface area (Å²) in [6.07, 6.45) is 0. The first-order valence-corrected chi connectivity index (χ1v) is 6.08. The van der Waals surface area contributed by atoms with E-state index in [1.54, 1.807) is 19.2 Å². The number of aliphatic hydroxyl groups is 1. The van der Waals surface area contributed by atoms with Crippen molar-refractivity contribution in [2.45, 2.75) is 26.5 Å². The number of rotatable bonds is 6. The molecule has 0 fully saturated rings. The Morgan fingerprint density at radius 2 is 1.94 bits per heavy atom. The molecule has 1 rings (SSSR count). The summed E-state index contributed by atoms with van der Waals surface area (Å²) in [5, 5.41) is 12.0. The third-order valence-electron chi connectivity index (χ3n) is 2.85. The lowest BCUT2D eigenvalue weighted by atomic mass is 10.0. The van der Waals surface area contributed by atoms with E-state index in [4.69, 9.17) is 4.74 Å². The lowest BCUT2D eigenvalue weighted by molar-refractivity contribution is 0.0897. The van der Waals surface area contributed by atoms with Crippen LogP contribution in [0.2, 0.25) is 0 Å². The van der Waals surface area contributed by atoms with Crippen LogP contribution in [0, 0.1) is 5.92 Å². The molecule has 0 bridgehead atoms. The first-order chi connectivity index (χ1) is 8.58. The molecule has 1 atom stereocenters. The first kappa shape index (κ1) is 14.7. The number of methoxy groups -OCH3 is 1. The van der Waals surface area contributed by atoms with Crippen LogP contribution in [0.15, 0.2) is 24.3 Å². The second-order valence-corrected chi connectivity index (χ2v) is 4.64. The SMILES string of the molecule is COCc1ccc(C(=O)NC(CO)C(C)C)cc1. The molecule has 1 aromatic rings. The van der Waals surface area contributed by atoms with Crippen LogP contribution in [0.1, 0.15) is 29.8 Å². The van der Waals surface area contributed by atoms with Gasteiger partial charge in [-0.3, -0.25) is 4.79 Å². The topological polar surface area (TPSA) is 58.6 Å². The van der Waals surface area contributed by atoms with Gasteiger partial charge in [0.15, 0.2) is 0 Å². The molecule has 1 aromatic carbocycles. The Morgan fingerprint density at radius 3 is 2.39 bits per heavy atom. The van der Waals surface area contributed by atoms with Crippen LogP contribution < -0.4 is 5.32 Å². The molecule has 1 unspecified atom stereocenters. The van der Waals surface area contributed by atoms with Crippen molar-refractivity contribution in [1.29, 1.82) is 0 Å². The fourth-order valence-corrected chi connectivity index (χ4v) is 1.59. The minimum absolute atomic E-state index is 0.0504. The van der Waals surface area contributed by atoms with Crippen molar-refractivity contribution in [2.75, 3.05) is 13.7 Å².